The summed E-state index contributed by atoms with van der Waals surface area (Å²) in [7, 11) is 2.19. The van der Waals surface area contributed by atoms with E-state index in [4.69, 9.17) is 23.2 Å². The SMILES string of the molecule is CCCCN(C)CC1CCN(C(=O)Nc2cc(Cl)ccc2Cl)CC1. The van der Waals surface area contributed by atoms with E-state index in [1.54, 1.807) is 18.2 Å². The summed E-state index contributed by atoms with van der Waals surface area (Å²) in [5, 5.41) is 3.92. The summed E-state index contributed by atoms with van der Waals surface area (Å²) in [6.45, 7) is 6.07. The standard InChI is InChI=1S/C18H27Cl2N3O/c1-3-4-9-22(2)13-14-7-10-23(11-8-14)18(24)21-17-12-15(19)5-6-16(17)20/h5-6,12,14H,3-4,7-11,13H2,1-2H3,(H,21,24). The number of halogens is 2. The van der Waals surface area contributed by atoms with Gasteiger partial charge in [-0.1, -0.05) is 36.5 Å². The number of hydrogen-bond donors (Lipinski definition) is 1. The molecule has 0 saturated carbocycles. The fourth-order valence-corrected chi connectivity index (χ4v) is 3.40. The van der Waals surface area contributed by atoms with Gasteiger partial charge < -0.3 is 15.1 Å². The van der Waals surface area contributed by atoms with E-state index < -0.39 is 0 Å². The molecule has 2 amide bonds. The minimum absolute atomic E-state index is 0.100. The molecular weight excluding hydrogens is 345 g/mol. The first-order valence-electron chi connectivity index (χ1n) is 8.69. The van der Waals surface area contributed by atoms with Gasteiger partial charge in [-0.25, -0.2) is 4.79 Å². The van der Waals surface area contributed by atoms with Crippen LogP contribution in [0.5, 0.6) is 0 Å². The molecule has 1 fully saturated rings. The summed E-state index contributed by atoms with van der Waals surface area (Å²) in [6, 6.07) is 4.98. The summed E-state index contributed by atoms with van der Waals surface area (Å²) in [4.78, 5) is 16.7. The van der Waals surface area contributed by atoms with Crippen LogP contribution in [0, 0.1) is 5.92 Å². The van der Waals surface area contributed by atoms with Gasteiger partial charge >= 0.3 is 6.03 Å². The fourth-order valence-electron chi connectivity index (χ4n) is 3.07. The van der Waals surface area contributed by atoms with Crippen molar-refractivity contribution in [3.8, 4) is 0 Å². The number of benzene rings is 1. The van der Waals surface area contributed by atoms with Crippen molar-refractivity contribution in [2.24, 2.45) is 5.92 Å². The number of amides is 2. The normalized spacial score (nSPS) is 15.8. The van der Waals surface area contributed by atoms with E-state index in [1.807, 2.05) is 4.90 Å². The molecule has 1 aliphatic rings. The van der Waals surface area contributed by atoms with Gasteiger partial charge in [-0.05, 0) is 57.0 Å². The lowest BCUT2D eigenvalue weighted by Gasteiger charge is -2.34. The van der Waals surface area contributed by atoms with Gasteiger partial charge in [0.05, 0.1) is 10.7 Å². The summed E-state index contributed by atoms with van der Waals surface area (Å²) >= 11 is 12.1. The number of rotatable bonds is 6. The Morgan fingerprint density at radius 1 is 1.33 bits per heavy atom. The Labute approximate surface area is 155 Å². The van der Waals surface area contributed by atoms with Gasteiger partial charge in [0, 0.05) is 24.7 Å². The molecule has 0 aromatic heterocycles. The van der Waals surface area contributed by atoms with Gasteiger partial charge in [-0.2, -0.15) is 0 Å². The van der Waals surface area contributed by atoms with Gasteiger partial charge in [0.15, 0.2) is 0 Å². The third-order valence-corrected chi connectivity index (χ3v) is 5.10. The lowest BCUT2D eigenvalue weighted by atomic mass is 9.96. The van der Waals surface area contributed by atoms with Crippen LogP contribution in [0.2, 0.25) is 10.0 Å². The zero-order valence-electron chi connectivity index (χ0n) is 14.5. The lowest BCUT2D eigenvalue weighted by molar-refractivity contribution is 0.163. The Morgan fingerprint density at radius 3 is 2.71 bits per heavy atom. The number of nitrogens with one attached hydrogen (secondary N) is 1. The number of carbonyl (C=O) groups is 1. The highest BCUT2D eigenvalue weighted by Crippen LogP contribution is 2.26. The van der Waals surface area contributed by atoms with E-state index in [1.165, 1.54) is 12.8 Å². The first-order valence-corrected chi connectivity index (χ1v) is 9.44. The van der Waals surface area contributed by atoms with E-state index in [-0.39, 0.29) is 6.03 Å². The topological polar surface area (TPSA) is 35.6 Å². The number of urea groups is 1. The molecule has 1 aromatic carbocycles. The third-order valence-electron chi connectivity index (χ3n) is 4.54. The smallest absolute Gasteiger partial charge is 0.321 e. The lowest BCUT2D eigenvalue weighted by Crippen LogP contribution is -2.43. The van der Waals surface area contributed by atoms with Gasteiger partial charge in [0.25, 0.3) is 0 Å². The maximum Gasteiger partial charge on any atom is 0.321 e. The Bertz CT molecular complexity index is 545. The van der Waals surface area contributed by atoms with Crippen molar-refractivity contribution in [3.05, 3.63) is 28.2 Å². The van der Waals surface area contributed by atoms with Crippen LogP contribution >= 0.6 is 23.2 Å². The number of hydrogen-bond acceptors (Lipinski definition) is 2. The average Bonchev–Trinajstić information content (AvgIpc) is 2.57. The first kappa shape index (κ1) is 19.4. The molecule has 0 atom stereocenters. The van der Waals surface area contributed by atoms with E-state index in [2.05, 4.69) is 24.2 Å². The van der Waals surface area contributed by atoms with E-state index in [0.29, 0.717) is 21.7 Å². The number of piperidine rings is 1. The van der Waals surface area contributed by atoms with Crippen LogP contribution in [-0.4, -0.2) is 49.1 Å². The van der Waals surface area contributed by atoms with Crippen molar-refractivity contribution >= 4 is 34.9 Å². The van der Waals surface area contributed by atoms with Gasteiger partial charge in [0.1, 0.15) is 0 Å². The van der Waals surface area contributed by atoms with Crippen molar-refractivity contribution < 1.29 is 4.79 Å². The highest BCUT2D eigenvalue weighted by atomic mass is 35.5. The molecular formula is C18H27Cl2N3O. The summed E-state index contributed by atoms with van der Waals surface area (Å²) in [5.74, 6) is 0.672. The van der Waals surface area contributed by atoms with Crippen LogP contribution in [0.3, 0.4) is 0 Å². The minimum Gasteiger partial charge on any atom is -0.325 e. The number of unbranched alkanes of at least 4 members (excludes halogenated alkanes) is 1. The summed E-state index contributed by atoms with van der Waals surface area (Å²) in [6.07, 6.45) is 4.58. The van der Waals surface area contributed by atoms with Crippen molar-refractivity contribution in [2.45, 2.75) is 32.6 Å². The van der Waals surface area contributed by atoms with Crippen molar-refractivity contribution in [1.82, 2.24) is 9.80 Å². The maximum atomic E-state index is 12.4. The first-order chi connectivity index (χ1) is 11.5. The molecule has 0 aliphatic carbocycles. The highest BCUT2D eigenvalue weighted by Gasteiger charge is 2.24. The molecule has 1 heterocycles. The summed E-state index contributed by atoms with van der Waals surface area (Å²) in [5.41, 5.74) is 0.565. The second-order valence-corrected chi connectivity index (χ2v) is 7.44. The second kappa shape index (κ2) is 9.50. The van der Waals surface area contributed by atoms with Crippen LogP contribution in [0.25, 0.3) is 0 Å². The number of carbonyl (C=O) groups excluding carboxylic acids is 1. The molecule has 1 saturated heterocycles. The van der Waals surface area contributed by atoms with E-state index in [9.17, 15) is 4.79 Å². The zero-order chi connectivity index (χ0) is 17.5. The third kappa shape index (κ3) is 5.83. The zero-order valence-corrected chi connectivity index (χ0v) is 16.0. The Balaban J connectivity index is 1.79. The van der Waals surface area contributed by atoms with Crippen LogP contribution < -0.4 is 5.32 Å². The molecule has 2 rings (SSSR count). The minimum atomic E-state index is -0.100. The Kier molecular flexibility index (Phi) is 7.66. The molecule has 0 bridgehead atoms. The molecule has 1 aliphatic heterocycles. The van der Waals surface area contributed by atoms with Crippen LogP contribution in [0.4, 0.5) is 10.5 Å². The largest absolute Gasteiger partial charge is 0.325 e. The Hall–Kier alpha value is -0.970. The molecule has 4 nitrogen and oxygen atoms in total. The maximum absolute atomic E-state index is 12.4. The van der Waals surface area contributed by atoms with Crippen molar-refractivity contribution in [1.29, 1.82) is 0 Å². The quantitative estimate of drug-likeness (QED) is 0.765. The average molecular weight is 372 g/mol. The summed E-state index contributed by atoms with van der Waals surface area (Å²) < 4.78 is 0. The van der Waals surface area contributed by atoms with Crippen LogP contribution in [0.1, 0.15) is 32.6 Å². The predicted octanol–water partition coefficient (Wildman–Crippen LogP) is 4.97. The fraction of sp³-hybridized carbons (Fsp3) is 0.611. The molecule has 1 aromatic rings. The molecule has 6 heteroatoms. The predicted molar refractivity (Wildman–Crippen MR) is 102 cm³/mol. The molecule has 24 heavy (non-hydrogen) atoms. The van der Waals surface area contributed by atoms with Gasteiger partial charge in [-0.15, -0.1) is 0 Å². The number of nitrogens with zero attached hydrogens (tertiary/aromatic N) is 2. The van der Waals surface area contributed by atoms with Crippen molar-refractivity contribution in [3.63, 3.8) is 0 Å². The molecule has 0 unspecified atom stereocenters. The second-order valence-electron chi connectivity index (χ2n) is 6.60. The number of likely N-dealkylation sites (tertiary alicyclic amines) is 1. The molecule has 0 radical (unpaired) electrons. The monoisotopic (exact) mass is 371 g/mol. The molecule has 0 spiro atoms. The van der Waals surface area contributed by atoms with Gasteiger partial charge in [0.2, 0.25) is 0 Å². The van der Waals surface area contributed by atoms with Crippen LogP contribution in [0.15, 0.2) is 18.2 Å². The molecule has 134 valence electrons. The van der Waals surface area contributed by atoms with E-state index >= 15 is 0 Å². The van der Waals surface area contributed by atoms with E-state index in [0.717, 1.165) is 39.0 Å². The van der Waals surface area contributed by atoms with Crippen molar-refractivity contribution in [2.75, 3.05) is 38.5 Å². The van der Waals surface area contributed by atoms with Gasteiger partial charge in [-0.3, -0.25) is 0 Å². The molecule has 1 N–H and O–H groups in total. The Morgan fingerprint density at radius 2 is 2.04 bits per heavy atom. The number of anilines is 1. The van der Waals surface area contributed by atoms with Crippen LogP contribution in [-0.2, 0) is 0 Å². The highest BCUT2D eigenvalue weighted by molar-refractivity contribution is 6.35.